The zero-order chi connectivity index (χ0) is 24.1. The van der Waals surface area contributed by atoms with Gasteiger partial charge in [-0.3, -0.25) is 14.4 Å². The normalized spacial score (nSPS) is 21.5. The van der Waals surface area contributed by atoms with Crippen LogP contribution in [-0.2, 0) is 11.2 Å². The lowest BCUT2D eigenvalue weighted by atomic mass is 9.71. The molecule has 0 bridgehead atoms. The Bertz CT molecular complexity index is 1170. The summed E-state index contributed by atoms with van der Waals surface area (Å²) in [5, 5.41) is 46.0. The zero-order valence-corrected chi connectivity index (χ0v) is 18.4. The fourth-order valence-electron chi connectivity index (χ4n) is 4.74. The van der Waals surface area contributed by atoms with Crippen molar-refractivity contribution in [1.82, 2.24) is 10.2 Å². The van der Waals surface area contributed by atoms with E-state index in [4.69, 9.17) is 0 Å². The molecule has 0 radical (unpaired) electrons. The number of carbonyl (C=O) groups excluding carboxylic acids is 3. The average Bonchev–Trinajstić information content (AvgIpc) is 2.78. The number of Topliss-reactive ketones (excluding diaryl/α,β-unsaturated/α-hetero) is 1. The summed E-state index contributed by atoms with van der Waals surface area (Å²) in [6.07, 6.45) is -0.597. The Kier molecular flexibility index (Phi) is 5.83. The molecule has 0 saturated heterocycles. The minimum absolute atomic E-state index is 0.00434. The Morgan fingerprint density at radius 2 is 1.67 bits per heavy atom. The third-order valence-electron chi connectivity index (χ3n) is 6.43. The topological polar surface area (TPSA) is 147 Å². The van der Waals surface area contributed by atoms with E-state index in [1.165, 1.54) is 12.1 Å². The van der Waals surface area contributed by atoms with Crippen molar-refractivity contribution in [1.29, 1.82) is 0 Å². The average molecular weight is 454 g/mol. The molecule has 2 aliphatic rings. The number of carbonyl (C=O) groups is 3. The summed E-state index contributed by atoms with van der Waals surface area (Å²) >= 11 is 0. The number of likely N-dealkylation sites (N-methyl/N-ethyl adjacent to an activating group) is 1. The molecule has 4 rings (SSSR count). The zero-order valence-electron chi connectivity index (χ0n) is 18.4. The van der Waals surface area contributed by atoms with Gasteiger partial charge in [-0.15, -0.1) is 0 Å². The molecule has 9 heteroatoms. The van der Waals surface area contributed by atoms with Gasteiger partial charge >= 0.3 is 0 Å². The van der Waals surface area contributed by atoms with Crippen molar-refractivity contribution < 1.29 is 34.8 Å². The van der Waals surface area contributed by atoms with E-state index in [0.29, 0.717) is 13.1 Å². The highest BCUT2D eigenvalue weighted by molar-refractivity contribution is 6.30. The molecular weight excluding hydrogens is 428 g/mol. The van der Waals surface area contributed by atoms with Crippen molar-refractivity contribution >= 4 is 17.3 Å². The summed E-state index contributed by atoms with van der Waals surface area (Å²) in [5.41, 5.74) is -2.25. The standard InChI is InChI=1S/C24H26N2O7/c1-26(2)8-7-25-15-10-24(33,16(28)11-27)9-14-17(15)23(32)19-18(22(14)31)20(29)12-5-3-4-6-13(12)21(19)30/h3-6,15,25,27,31-33H,7-11H2,1-2H3. The van der Waals surface area contributed by atoms with E-state index in [1.807, 2.05) is 19.0 Å². The van der Waals surface area contributed by atoms with Crippen molar-refractivity contribution in [2.45, 2.75) is 24.5 Å². The summed E-state index contributed by atoms with van der Waals surface area (Å²) in [6.45, 7) is 0.104. The number of phenolic OH excluding ortho intramolecular Hbond substituents is 2. The van der Waals surface area contributed by atoms with Gasteiger partial charge in [-0.2, -0.15) is 0 Å². The Hall–Kier alpha value is -3.11. The van der Waals surface area contributed by atoms with Crippen LogP contribution in [0.15, 0.2) is 24.3 Å². The molecule has 2 atom stereocenters. The molecule has 0 spiro atoms. The Morgan fingerprint density at radius 1 is 1.09 bits per heavy atom. The number of benzene rings is 2. The van der Waals surface area contributed by atoms with Gasteiger partial charge in [-0.05, 0) is 14.1 Å². The predicted octanol–water partition coefficient (Wildman–Crippen LogP) is 0.304. The first kappa shape index (κ1) is 23.1. The highest BCUT2D eigenvalue weighted by Gasteiger charge is 2.48. The van der Waals surface area contributed by atoms with Gasteiger partial charge in [0.05, 0.1) is 11.1 Å². The van der Waals surface area contributed by atoms with Gasteiger partial charge in [0, 0.05) is 54.2 Å². The molecule has 174 valence electrons. The van der Waals surface area contributed by atoms with Gasteiger partial charge in [0.1, 0.15) is 23.7 Å². The molecule has 0 amide bonds. The molecule has 0 aliphatic heterocycles. The second-order valence-corrected chi connectivity index (χ2v) is 8.85. The lowest BCUT2D eigenvalue weighted by molar-refractivity contribution is -0.142. The van der Waals surface area contributed by atoms with Crippen LogP contribution in [0.3, 0.4) is 0 Å². The molecule has 0 aromatic heterocycles. The minimum Gasteiger partial charge on any atom is -0.507 e. The van der Waals surface area contributed by atoms with Crippen LogP contribution in [0.25, 0.3) is 0 Å². The van der Waals surface area contributed by atoms with Gasteiger partial charge in [-0.1, -0.05) is 24.3 Å². The summed E-state index contributed by atoms with van der Waals surface area (Å²) < 4.78 is 0. The van der Waals surface area contributed by atoms with E-state index >= 15 is 0 Å². The maximum absolute atomic E-state index is 13.2. The number of nitrogens with one attached hydrogen (secondary N) is 1. The number of hydrogen-bond acceptors (Lipinski definition) is 9. The third kappa shape index (κ3) is 3.63. The number of aliphatic hydroxyl groups is 2. The fraction of sp³-hybridized carbons (Fsp3) is 0.375. The van der Waals surface area contributed by atoms with Crippen molar-refractivity contribution in [2.75, 3.05) is 33.8 Å². The predicted molar refractivity (Wildman–Crippen MR) is 118 cm³/mol. The van der Waals surface area contributed by atoms with Gasteiger partial charge < -0.3 is 30.6 Å². The first-order chi connectivity index (χ1) is 15.6. The number of fused-ring (bicyclic) bond motifs is 3. The maximum Gasteiger partial charge on any atom is 0.198 e. The molecule has 2 aliphatic carbocycles. The van der Waals surface area contributed by atoms with Crippen LogP contribution in [0.5, 0.6) is 11.5 Å². The minimum atomic E-state index is -2.02. The van der Waals surface area contributed by atoms with Crippen LogP contribution >= 0.6 is 0 Å². The largest absolute Gasteiger partial charge is 0.507 e. The Balaban J connectivity index is 1.92. The number of phenols is 2. The summed E-state index contributed by atoms with van der Waals surface area (Å²) in [4.78, 5) is 40.7. The molecule has 2 aromatic rings. The first-order valence-electron chi connectivity index (χ1n) is 10.6. The number of ketones is 3. The summed E-state index contributed by atoms with van der Waals surface area (Å²) in [5.74, 6) is -3.05. The van der Waals surface area contributed by atoms with E-state index < -0.39 is 53.5 Å². The maximum atomic E-state index is 13.2. The Morgan fingerprint density at radius 3 is 2.21 bits per heavy atom. The molecular formula is C24H26N2O7. The highest BCUT2D eigenvalue weighted by atomic mass is 16.3. The monoisotopic (exact) mass is 454 g/mol. The Labute approximate surface area is 190 Å². The summed E-state index contributed by atoms with van der Waals surface area (Å²) in [7, 11) is 3.73. The molecule has 9 nitrogen and oxygen atoms in total. The first-order valence-corrected chi connectivity index (χ1v) is 10.6. The van der Waals surface area contributed by atoms with E-state index in [0.717, 1.165) is 0 Å². The van der Waals surface area contributed by atoms with Crippen molar-refractivity contribution in [2.24, 2.45) is 0 Å². The van der Waals surface area contributed by atoms with Crippen LogP contribution in [0.2, 0.25) is 0 Å². The van der Waals surface area contributed by atoms with Crippen LogP contribution in [0.4, 0.5) is 0 Å². The van der Waals surface area contributed by atoms with Crippen molar-refractivity contribution in [3.8, 4) is 11.5 Å². The second-order valence-electron chi connectivity index (χ2n) is 8.85. The van der Waals surface area contributed by atoms with Gasteiger partial charge in [0.25, 0.3) is 0 Å². The van der Waals surface area contributed by atoms with Crippen molar-refractivity contribution in [3.05, 3.63) is 57.6 Å². The molecule has 0 heterocycles. The second kappa shape index (κ2) is 8.35. The quantitative estimate of drug-likeness (QED) is 0.332. The van der Waals surface area contributed by atoms with E-state index in [2.05, 4.69) is 5.32 Å². The van der Waals surface area contributed by atoms with Gasteiger partial charge in [0.15, 0.2) is 17.3 Å². The lowest BCUT2D eigenvalue weighted by Crippen LogP contribution is -2.49. The van der Waals surface area contributed by atoms with Gasteiger partial charge in [0.2, 0.25) is 0 Å². The van der Waals surface area contributed by atoms with Crippen LogP contribution < -0.4 is 5.32 Å². The lowest BCUT2D eigenvalue weighted by Gasteiger charge is -2.39. The number of rotatable bonds is 6. The molecule has 5 N–H and O–H groups in total. The van der Waals surface area contributed by atoms with Crippen LogP contribution in [0.1, 0.15) is 55.4 Å². The number of aromatic hydroxyl groups is 2. The number of nitrogens with zero attached hydrogens (tertiary/aromatic N) is 1. The SMILES string of the molecule is CN(C)CCNC1CC(O)(C(=O)CO)Cc2c(O)c3c(c(O)c21)C(=O)c1ccccc1C3=O. The smallest absolute Gasteiger partial charge is 0.198 e. The van der Waals surface area contributed by atoms with E-state index in [1.54, 1.807) is 12.1 Å². The molecule has 2 unspecified atom stereocenters. The van der Waals surface area contributed by atoms with Crippen LogP contribution in [-0.4, -0.2) is 82.1 Å². The number of aliphatic hydroxyl groups excluding tert-OH is 1. The van der Waals surface area contributed by atoms with Crippen LogP contribution in [0, 0.1) is 0 Å². The molecule has 2 aromatic carbocycles. The highest BCUT2D eigenvalue weighted by Crippen LogP contribution is 2.50. The third-order valence-corrected chi connectivity index (χ3v) is 6.43. The fourth-order valence-corrected chi connectivity index (χ4v) is 4.74. The molecule has 33 heavy (non-hydrogen) atoms. The summed E-state index contributed by atoms with van der Waals surface area (Å²) in [6, 6.07) is 5.33. The molecule has 0 fully saturated rings. The van der Waals surface area contributed by atoms with E-state index in [-0.39, 0.29) is 39.8 Å². The van der Waals surface area contributed by atoms with Gasteiger partial charge in [-0.25, -0.2) is 0 Å². The van der Waals surface area contributed by atoms with E-state index in [9.17, 15) is 34.8 Å². The number of hydrogen-bond donors (Lipinski definition) is 5. The van der Waals surface area contributed by atoms with Crippen molar-refractivity contribution in [3.63, 3.8) is 0 Å². The molecule has 0 saturated carbocycles.